The van der Waals surface area contributed by atoms with Gasteiger partial charge in [0.15, 0.2) is 0 Å². The summed E-state index contributed by atoms with van der Waals surface area (Å²) < 4.78 is 0. The zero-order chi connectivity index (χ0) is 11.6. The quantitative estimate of drug-likeness (QED) is 0.813. The van der Waals surface area contributed by atoms with Crippen LogP contribution >= 0.6 is 23.2 Å². The number of alkyl halides is 2. The maximum atomic E-state index is 5.90. The lowest BCUT2D eigenvalue weighted by atomic mass is 10.1. The molecule has 1 aliphatic heterocycles. The average Bonchev–Trinajstić information content (AvgIpc) is 2.75. The van der Waals surface area contributed by atoms with Gasteiger partial charge in [0.1, 0.15) is 5.66 Å². The van der Waals surface area contributed by atoms with Crippen molar-refractivity contribution in [2.24, 2.45) is 0 Å². The van der Waals surface area contributed by atoms with Gasteiger partial charge in [-0.3, -0.25) is 0 Å². The highest BCUT2D eigenvalue weighted by Crippen LogP contribution is 2.22. The molecule has 0 aliphatic carbocycles. The van der Waals surface area contributed by atoms with Crippen molar-refractivity contribution in [3.05, 3.63) is 41.6 Å². The fourth-order valence-electron chi connectivity index (χ4n) is 1.61. The van der Waals surface area contributed by atoms with E-state index in [4.69, 9.17) is 23.2 Å². The van der Waals surface area contributed by atoms with Gasteiger partial charge in [0.2, 0.25) is 0 Å². The van der Waals surface area contributed by atoms with E-state index in [1.54, 1.807) is 0 Å². The minimum absolute atomic E-state index is 0.413. The molecule has 0 spiro atoms. The summed E-state index contributed by atoms with van der Waals surface area (Å²) >= 11 is 11.8. The van der Waals surface area contributed by atoms with E-state index in [9.17, 15) is 0 Å². The predicted octanol–water partition coefficient (Wildman–Crippen LogP) is 2.66. The van der Waals surface area contributed by atoms with Crippen molar-refractivity contribution in [1.29, 1.82) is 0 Å². The summed E-state index contributed by atoms with van der Waals surface area (Å²) in [5.74, 6) is 0.838. The molecule has 2 nitrogen and oxygen atoms in total. The molecule has 2 N–H and O–H groups in total. The van der Waals surface area contributed by atoms with Crippen LogP contribution in [-0.4, -0.2) is 17.4 Å². The lowest BCUT2D eigenvalue weighted by molar-refractivity contribution is 0.442. The molecule has 1 aromatic rings. The Kier molecular flexibility index (Phi) is 3.31. The van der Waals surface area contributed by atoms with Gasteiger partial charge in [0.25, 0.3) is 0 Å². The molecule has 0 amide bonds. The van der Waals surface area contributed by atoms with E-state index in [0.29, 0.717) is 11.8 Å². The number of hydrogen-bond donors (Lipinski definition) is 2. The monoisotopic (exact) mass is 256 g/mol. The number of halogens is 2. The highest BCUT2D eigenvalue weighted by Gasteiger charge is 2.32. The molecule has 0 aromatic heterocycles. The Morgan fingerprint density at radius 2 is 1.75 bits per heavy atom. The smallest absolute Gasteiger partial charge is 0.135 e. The van der Waals surface area contributed by atoms with Crippen LogP contribution in [0.4, 0.5) is 0 Å². The molecule has 1 aliphatic rings. The van der Waals surface area contributed by atoms with Crippen molar-refractivity contribution in [3.63, 3.8) is 0 Å². The fourth-order valence-corrected chi connectivity index (χ4v) is 2.18. The van der Waals surface area contributed by atoms with Crippen LogP contribution < -0.4 is 10.6 Å². The van der Waals surface area contributed by atoms with E-state index in [0.717, 1.165) is 11.3 Å². The molecule has 0 bridgehead atoms. The molecular formula is C12H14Cl2N2. The van der Waals surface area contributed by atoms with Gasteiger partial charge in [0.05, 0.1) is 17.5 Å². The summed E-state index contributed by atoms with van der Waals surface area (Å²) in [6.45, 7) is 2.07. The molecule has 1 heterocycles. The van der Waals surface area contributed by atoms with Crippen molar-refractivity contribution in [1.82, 2.24) is 10.6 Å². The maximum absolute atomic E-state index is 5.90. The van der Waals surface area contributed by atoms with Crippen LogP contribution in [0.1, 0.15) is 11.1 Å². The zero-order valence-electron chi connectivity index (χ0n) is 9.06. The Balaban J connectivity index is 2.17. The van der Waals surface area contributed by atoms with Crippen LogP contribution in [0.25, 0.3) is 5.70 Å². The summed E-state index contributed by atoms with van der Waals surface area (Å²) in [4.78, 5) is 0. The standard InChI is InChI=1S/C12H14Cl2N2/c1-9-2-4-10(5-3-9)11-6-15-12(7-13,8-14)16-11/h2-6,15-16H,7-8H2,1H3. The Labute approximate surface area is 106 Å². The molecule has 4 heteroatoms. The third-order valence-electron chi connectivity index (χ3n) is 2.69. The van der Waals surface area contributed by atoms with Crippen molar-refractivity contribution < 1.29 is 0 Å². The first-order valence-corrected chi connectivity index (χ1v) is 6.21. The second kappa shape index (κ2) is 4.56. The van der Waals surface area contributed by atoms with E-state index in [2.05, 4.69) is 41.8 Å². The molecule has 1 aromatic carbocycles. The molecule has 86 valence electrons. The van der Waals surface area contributed by atoms with E-state index < -0.39 is 5.66 Å². The average molecular weight is 257 g/mol. The summed E-state index contributed by atoms with van der Waals surface area (Å²) in [6.07, 6.45) is 1.93. The predicted molar refractivity (Wildman–Crippen MR) is 69.6 cm³/mol. The second-order valence-corrected chi connectivity index (χ2v) is 4.58. The van der Waals surface area contributed by atoms with Crippen LogP contribution in [0, 0.1) is 6.92 Å². The first-order valence-electron chi connectivity index (χ1n) is 5.14. The molecule has 0 fully saturated rings. The molecule has 0 radical (unpaired) electrons. The van der Waals surface area contributed by atoms with Gasteiger partial charge in [-0.05, 0) is 12.5 Å². The van der Waals surface area contributed by atoms with Crippen molar-refractivity contribution >= 4 is 28.9 Å². The summed E-state index contributed by atoms with van der Waals surface area (Å²) in [5, 5.41) is 6.52. The highest BCUT2D eigenvalue weighted by atomic mass is 35.5. The largest absolute Gasteiger partial charge is 0.365 e. The molecule has 16 heavy (non-hydrogen) atoms. The number of hydrogen-bond acceptors (Lipinski definition) is 2. The molecule has 0 atom stereocenters. The molecule has 0 saturated carbocycles. The minimum Gasteiger partial charge on any atom is -0.365 e. The lowest BCUT2D eigenvalue weighted by Crippen LogP contribution is -2.53. The number of benzene rings is 1. The second-order valence-electron chi connectivity index (χ2n) is 4.04. The van der Waals surface area contributed by atoms with Gasteiger partial charge in [0, 0.05) is 6.20 Å². The van der Waals surface area contributed by atoms with Crippen LogP contribution in [0.3, 0.4) is 0 Å². The number of aryl methyl sites for hydroxylation is 1. The van der Waals surface area contributed by atoms with Gasteiger partial charge in [-0.15, -0.1) is 23.2 Å². The van der Waals surface area contributed by atoms with E-state index in [1.165, 1.54) is 5.56 Å². The Bertz CT molecular complexity index is 394. The molecule has 0 saturated heterocycles. The van der Waals surface area contributed by atoms with Gasteiger partial charge >= 0.3 is 0 Å². The van der Waals surface area contributed by atoms with Crippen LogP contribution in [0.2, 0.25) is 0 Å². The van der Waals surface area contributed by atoms with Gasteiger partial charge < -0.3 is 10.6 Å². The summed E-state index contributed by atoms with van der Waals surface area (Å²) in [7, 11) is 0. The van der Waals surface area contributed by atoms with Crippen molar-refractivity contribution in [3.8, 4) is 0 Å². The summed E-state index contributed by atoms with van der Waals surface area (Å²) in [6, 6.07) is 8.32. The maximum Gasteiger partial charge on any atom is 0.135 e. The van der Waals surface area contributed by atoms with Crippen LogP contribution in [0.5, 0.6) is 0 Å². The fraction of sp³-hybridized carbons (Fsp3) is 0.333. The lowest BCUT2D eigenvalue weighted by Gasteiger charge is -2.26. The van der Waals surface area contributed by atoms with Crippen LogP contribution in [-0.2, 0) is 0 Å². The van der Waals surface area contributed by atoms with Gasteiger partial charge in [-0.1, -0.05) is 29.8 Å². The third kappa shape index (κ3) is 2.13. The molecular weight excluding hydrogens is 243 g/mol. The van der Waals surface area contributed by atoms with E-state index in [1.807, 2.05) is 6.20 Å². The molecule has 2 rings (SSSR count). The number of nitrogens with one attached hydrogen (secondary N) is 2. The Hall–Kier alpha value is -0.860. The van der Waals surface area contributed by atoms with Crippen molar-refractivity contribution in [2.45, 2.75) is 12.6 Å². The molecule has 0 unspecified atom stereocenters. The van der Waals surface area contributed by atoms with E-state index in [-0.39, 0.29) is 0 Å². The topological polar surface area (TPSA) is 24.1 Å². The summed E-state index contributed by atoms with van der Waals surface area (Å²) in [5.41, 5.74) is 3.00. The van der Waals surface area contributed by atoms with Gasteiger partial charge in [-0.2, -0.15) is 0 Å². The van der Waals surface area contributed by atoms with Gasteiger partial charge in [-0.25, -0.2) is 0 Å². The first-order chi connectivity index (χ1) is 7.69. The highest BCUT2D eigenvalue weighted by molar-refractivity contribution is 6.22. The number of rotatable bonds is 3. The SMILES string of the molecule is Cc1ccc(C2=CNC(CCl)(CCl)N2)cc1. The van der Waals surface area contributed by atoms with E-state index >= 15 is 0 Å². The third-order valence-corrected chi connectivity index (χ3v) is 3.60. The van der Waals surface area contributed by atoms with Crippen LogP contribution in [0.15, 0.2) is 30.5 Å². The first kappa shape index (κ1) is 11.6. The Morgan fingerprint density at radius 1 is 1.12 bits per heavy atom. The Morgan fingerprint density at radius 3 is 2.25 bits per heavy atom. The normalized spacial score (nSPS) is 17.6. The minimum atomic E-state index is -0.413. The zero-order valence-corrected chi connectivity index (χ0v) is 10.6. The van der Waals surface area contributed by atoms with Crippen molar-refractivity contribution in [2.75, 3.05) is 11.8 Å².